The Labute approximate surface area is 287 Å². The fourth-order valence-corrected chi connectivity index (χ4v) is 7.03. The molecule has 5 N–H and O–H groups in total. The van der Waals surface area contributed by atoms with Crippen molar-refractivity contribution in [3.05, 3.63) is 71.8 Å². The molecule has 2 aliphatic rings. The Balaban J connectivity index is 0.945. The summed E-state index contributed by atoms with van der Waals surface area (Å²) in [4.78, 5) is 49.5. The summed E-state index contributed by atoms with van der Waals surface area (Å²) in [7, 11) is 0. The van der Waals surface area contributed by atoms with Crippen molar-refractivity contribution in [1.29, 1.82) is 0 Å². The zero-order valence-electron chi connectivity index (χ0n) is 28.2. The second-order valence-electron chi connectivity index (χ2n) is 13.4. The Hall–Kier alpha value is -4.42. The maximum Gasteiger partial charge on any atom is 0.251 e. The summed E-state index contributed by atoms with van der Waals surface area (Å²) < 4.78 is 0. The number of piperazine rings is 1. The van der Waals surface area contributed by atoms with Crippen LogP contribution in [-0.4, -0.2) is 118 Å². The van der Waals surface area contributed by atoms with Crippen LogP contribution in [-0.2, 0) is 0 Å². The number of benzene rings is 3. The molecule has 256 valence electrons. The largest absolute Gasteiger partial charge is 0.351 e. The second kappa shape index (κ2) is 15.4. The van der Waals surface area contributed by atoms with E-state index in [2.05, 4.69) is 30.0 Å². The number of hydrogen-bond donors (Lipinski definition) is 4. The van der Waals surface area contributed by atoms with Gasteiger partial charge in [-0.25, -0.2) is 9.97 Å². The van der Waals surface area contributed by atoms with Crippen LogP contribution in [0.4, 0.5) is 0 Å². The molecule has 0 atom stereocenters. The third-order valence-corrected chi connectivity index (χ3v) is 9.93. The van der Waals surface area contributed by atoms with E-state index in [1.807, 2.05) is 60.7 Å². The van der Waals surface area contributed by atoms with E-state index in [9.17, 15) is 9.59 Å². The van der Waals surface area contributed by atoms with Crippen LogP contribution >= 0.6 is 0 Å². The Bertz CT molecular complexity index is 1880. The Morgan fingerprint density at radius 2 is 1.22 bits per heavy atom. The fourth-order valence-electron chi connectivity index (χ4n) is 7.03. The summed E-state index contributed by atoms with van der Waals surface area (Å²) in [5, 5.41) is 3.07. The maximum atomic E-state index is 13.0. The molecule has 2 saturated heterocycles. The van der Waals surface area contributed by atoms with E-state index in [0.717, 1.165) is 110 Å². The highest BCUT2D eigenvalue weighted by molar-refractivity contribution is 5.99. The van der Waals surface area contributed by atoms with Crippen molar-refractivity contribution >= 4 is 33.8 Å². The molecule has 0 radical (unpaired) electrons. The monoisotopic (exact) mass is 661 g/mol. The van der Waals surface area contributed by atoms with E-state index >= 15 is 0 Å². The average molecular weight is 662 g/mol. The number of imidazole rings is 2. The lowest BCUT2D eigenvalue weighted by Gasteiger charge is -2.34. The van der Waals surface area contributed by atoms with Crippen LogP contribution in [0.25, 0.3) is 44.8 Å². The van der Waals surface area contributed by atoms with Gasteiger partial charge in [0.1, 0.15) is 11.6 Å². The number of hydrogen-bond acceptors (Lipinski definition) is 8. The lowest BCUT2D eigenvalue weighted by molar-refractivity contribution is 0.0943. The number of carbonyl (C=O) groups is 2. The van der Waals surface area contributed by atoms with Crippen molar-refractivity contribution in [2.24, 2.45) is 5.73 Å². The minimum atomic E-state index is -0.0644. The predicted octanol–water partition coefficient (Wildman–Crippen LogP) is 4.53. The number of ketones is 1. The summed E-state index contributed by atoms with van der Waals surface area (Å²) in [6.45, 7) is 10.6. The molecule has 2 aromatic heterocycles. The molecule has 1 amide bonds. The highest BCUT2D eigenvalue weighted by Crippen LogP contribution is 2.26. The summed E-state index contributed by atoms with van der Waals surface area (Å²) in [6, 6.07) is 19.4. The average Bonchev–Trinajstić information content (AvgIpc) is 3.77. The van der Waals surface area contributed by atoms with Gasteiger partial charge in [0, 0.05) is 81.0 Å². The molecule has 0 aliphatic carbocycles. The molecule has 3 aromatic carbocycles. The quantitative estimate of drug-likeness (QED) is 0.135. The lowest BCUT2D eigenvalue weighted by atomic mass is 10.1. The molecule has 0 saturated carbocycles. The highest BCUT2D eigenvalue weighted by atomic mass is 16.1. The highest BCUT2D eigenvalue weighted by Gasteiger charge is 2.17. The summed E-state index contributed by atoms with van der Waals surface area (Å²) in [5.74, 6) is 1.59. The SMILES string of the molecule is NCCN1CCN(CCCC(=O)c2ccc3nc(-c4ccc(-c5nc6ccc(C(=O)NCCN7CCCCC7)cc6[nH]5)cc4)[nH]c3c2)CC1. The van der Waals surface area contributed by atoms with E-state index in [4.69, 9.17) is 15.7 Å². The molecule has 0 spiro atoms. The number of fused-ring (bicyclic) bond motifs is 2. The van der Waals surface area contributed by atoms with Gasteiger partial charge in [0.2, 0.25) is 0 Å². The zero-order chi connectivity index (χ0) is 33.6. The van der Waals surface area contributed by atoms with Crippen LogP contribution < -0.4 is 11.1 Å². The number of nitrogens with one attached hydrogen (secondary N) is 3. The van der Waals surface area contributed by atoms with E-state index in [-0.39, 0.29) is 11.7 Å². The van der Waals surface area contributed by atoms with Crippen molar-refractivity contribution < 1.29 is 9.59 Å². The molecule has 0 unspecified atom stereocenters. The molecule has 11 nitrogen and oxygen atoms in total. The zero-order valence-corrected chi connectivity index (χ0v) is 28.2. The first-order valence-corrected chi connectivity index (χ1v) is 17.8. The lowest BCUT2D eigenvalue weighted by Crippen LogP contribution is -2.47. The van der Waals surface area contributed by atoms with Crippen LogP contribution in [0.5, 0.6) is 0 Å². The summed E-state index contributed by atoms with van der Waals surface area (Å²) in [6.07, 6.45) is 5.19. The third kappa shape index (κ3) is 8.08. The molecular weight excluding hydrogens is 614 g/mol. The van der Waals surface area contributed by atoms with Gasteiger partial charge in [0.25, 0.3) is 5.91 Å². The number of rotatable bonds is 13. The van der Waals surface area contributed by atoms with E-state index in [0.29, 0.717) is 30.6 Å². The smallest absolute Gasteiger partial charge is 0.251 e. The first kappa shape index (κ1) is 33.1. The first-order valence-electron chi connectivity index (χ1n) is 17.8. The number of carbonyl (C=O) groups excluding carboxylic acids is 2. The Morgan fingerprint density at radius 3 is 1.84 bits per heavy atom. The number of piperidine rings is 1. The minimum Gasteiger partial charge on any atom is -0.351 e. The minimum absolute atomic E-state index is 0.0644. The van der Waals surface area contributed by atoms with Crippen molar-refractivity contribution in [1.82, 2.24) is 40.0 Å². The summed E-state index contributed by atoms with van der Waals surface area (Å²) in [5.41, 5.74) is 12.2. The number of nitrogens with zero attached hydrogens (tertiary/aromatic N) is 5. The van der Waals surface area contributed by atoms with Gasteiger partial charge >= 0.3 is 0 Å². The second-order valence-corrected chi connectivity index (χ2v) is 13.4. The number of aromatic amines is 2. The molecule has 5 aromatic rings. The topological polar surface area (TPSA) is 139 Å². The van der Waals surface area contributed by atoms with Crippen LogP contribution in [0.15, 0.2) is 60.7 Å². The van der Waals surface area contributed by atoms with Crippen molar-refractivity contribution in [3.8, 4) is 22.8 Å². The van der Waals surface area contributed by atoms with Crippen molar-refractivity contribution in [3.63, 3.8) is 0 Å². The third-order valence-electron chi connectivity index (χ3n) is 9.93. The summed E-state index contributed by atoms with van der Waals surface area (Å²) >= 11 is 0. The van der Waals surface area contributed by atoms with Crippen molar-refractivity contribution in [2.75, 3.05) is 72.0 Å². The molecule has 4 heterocycles. The molecule has 7 rings (SSSR count). The standard InChI is InChI=1S/C38H47N9O2/c39-14-19-47-23-21-46(22-24-47)18-4-5-35(48)29-10-12-31-33(25-29)43-36(41-31)27-6-8-28(9-7-27)37-42-32-13-11-30(26-34(32)44-37)38(49)40-15-20-45-16-2-1-3-17-45/h6-13,25-26H,1-5,14-24,39H2,(H,40,49)(H,41,43)(H,42,44). The molecule has 2 aliphatic heterocycles. The predicted molar refractivity (Wildman–Crippen MR) is 195 cm³/mol. The van der Waals surface area contributed by atoms with Gasteiger partial charge in [0.15, 0.2) is 5.78 Å². The van der Waals surface area contributed by atoms with E-state index in [1.54, 1.807) is 0 Å². The van der Waals surface area contributed by atoms with Crippen LogP contribution in [0.1, 0.15) is 52.8 Å². The molecule has 0 bridgehead atoms. The van der Waals surface area contributed by atoms with Gasteiger partial charge < -0.3 is 30.8 Å². The van der Waals surface area contributed by atoms with Gasteiger partial charge in [-0.2, -0.15) is 0 Å². The number of H-pyrrole nitrogens is 2. The molecule has 2 fully saturated rings. The Morgan fingerprint density at radius 1 is 0.673 bits per heavy atom. The first-order chi connectivity index (χ1) is 24.0. The van der Waals surface area contributed by atoms with Gasteiger partial charge in [-0.05, 0) is 75.3 Å². The van der Waals surface area contributed by atoms with Gasteiger partial charge in [0.05, 0.1) is 22.1 Å². The number of likely N-dealkylation sites (tertiary alicyclic amines) is 1. The van der Waals surface area contributed by atoms with Crippen LogP contribution in [0, 0.1) is 0 Å². The number of amides is 1. The number of nitrogens with two attached hydrogens (primary N) is 1. The Kier molecular flexibility index (Phi) is 10.4. The number of Topliss-reactive ketones (excluding diaryl/α,β-unsaturated/α-hetero) is 1. The van der Waals surface area contributed by atoms with Crippen molar-refractivity contribution in [2.45, 2.75) is 32.1 Å². The van der Waals surface area contributed by atoms with Gasteiger partial charge in [-0.1, -0.05) is 30.7 Å². The normalized spacial score (nSPS) is 16.4. The molecular formula is C38H47N9O2. The molecule has 11 heteroatoms. The van der Waals surface area contributed by atoms with Gasteiger partial charge in [-0.3, -0.25) is 14.5 Å². The fraction of sp³-hybridized carbons (Fsp3) is 0.421. The van der Waals surface area contributed by atoms with Crippen LogP contribution in [0.2, 0.25) is 0 Å². The van der Waals surface area contributed by atoms with E-state index < -0.39 is 0 Å². The van der Waals surface area contributed by atoms with Crippen LogP contribution in [0.3, 0.4) is 0 Å². The maximum absolute atomic E-state index is 13.0. The molecule has 49 heavy (non-hydrogen) atoms. The van der Waals surface area contributed by atoms with E-state index in [1.165, 1.54) is 19.3 Å². The number of aromatic nitrogens is 4. The van der Waals surface area contributed by atoms with Gasteiger partial charge in [-0.15, -0.1) is 0 Å².